The minimum atomic E-state index is -0.148. The lowest BCUT2D eigenvalue weighted by atomic mass is 10.0. The van der Waals surface area contributed by atoms with Crippen molar-refractivity contribution in [2.24, 2.45) is 5.92 Å². The van der Waals surface area contributed by atoms with Crippen LogP contribution >= 0.6 is 70.1 Å². The molecule has 14 nitrogen and oxygen atoms in total. The first-order chi connectivity index (χ1) is 33.2. The zero-order chi connectivity index (χ0) is 53.7. The lowest BCUT2D eigenvalue weighted by Crippen LogP contribution is -2.37. The van der Waals surface area contributed by atoms with E-state index >= 15 is 0 Å². The van der Waals surface area contributed by atoms with Gasteiger partial charge >= 0.3 is 0 Å². The molecule has 0 radical (unpaired) electrons. The summed E-state index contributed by atoms with van der Waals surface area (Å²) >= 11 is 10.3. The number of hydrogen-bond acceptors (Lipinski definition) is 18. The van der Waals surface area contributed by atoms with Crippen molar-refractivity contribution in [1.82, 2.24) is 50.6 Å². The van der Waals surface area contributed by atoms with Crippen LogP contribution in [0.3, 0.4) is 0 Å². The van der Waals surface area contributed by atoms with Crippen LogP contribution in [0.15, 0.2) is 65.1 Å². The van der Waals surface area contributed by atoms with Crippen LogP contribution in [0.4, 0.5) is 0 Å². The highest BCUT2D eigenvalue weighted by molar-refractivity contribution is 8.02. The molecule has 6 aromatic rings. The summed E-state index contributed by atoms with van der Waals surface area (Å²) < 4.78 is 14.6. The first-order valence-corrected chi connectivity index (χ1v) is 29.9. The van der Waals surface area contributed by atoms with Crippen LogP contribution in [-0.4, -0.2) is 100.0 Å². The van der Waals surface area contributed by atoms with E-state index < -0.39 is 0 Å². The standard InChI is InChI=1S/C12H16N2OS.C10H17NO2S.C10H11NS2.C8H14N2OS.C7H14N4S.C4H10/c1-7(2)9-5-6-10(16-8(3)4)12-11(9)13-15-14-12;1-6(2)11-9(12)5-8(10(11)13)14-7(3)4;1-7(2)12-10-11-8-5-3-4-6-9(8)13-10;1-5(2)7-9-10-8(11-7)12-6(3)4;1-5(2)11-7(8-9-10-11)12-6(3)4;1-4(2)3/h5-8H,1-4H3;6-8H,5H2,1-4H3;3-7H,1-2H3;2*5-6H,1-4H3;4H,1-3H3. The van der Waals surface area contributed by atoms with Gasteiger partial charge < -0.3 is 4.42 Å². The summed E-state index contributed by atoms with van der Waals surface area (Å²) in [6.07, 6.45) is 0.375. The number of carbonyl (C=O) groups excluding carboxylic acids is 2. The largest absolute Gasteiger partial charge is 0.416 e. The lowest BCUT2D eigenvalue weighted by molar-refractivity contribution is -0.140. The number of benzene rings is 2. The Morgan fingerprint density at radius 2 is 1.23 bits per heavy atom. The Kier molecular flexibility index (Phi) is 29.0. The van der Waals surface area contributed by atoms with E-state index in [2.05, 4.69) is 175 Å². The second-order valence-corrected chi connectivity index (χ2v) is 29.1. The Morgan fingerprint density at radius 3 is 1.72 bits per heavy atom. The molecular formula is C51H82N10O4S6. The Balaban J connectivity index is 0.000000299. The molecule has 1 unspecified atom stereocenters. The van der Waals surface area contributed by atoms with Gasteiger partial charge in [0.2, 0.25) is 22.9 Å². The zero-order valence-electron chi connectivity index (χ0n) is 46.1. The number of thioether (sulfide) groups is 5. The Bertz CT molecular complexity index is 2410. The van der Waals surface area contributed by atoms with E-state index in [4.69, 9.17) is 9.05 Å². The molecule has 0 bridgehead atoms. The molecule has 0 spiro atoms. The maximum Gasteiger partial charge on any atom is 0.276 e. The van der Waals surface area contributed by atoms with Gasteiger partial charge in [0.1, 0.15) is 11.0 Å². The van der Waals surface area contributed by atoms with Crippen molar-refractivity contribution in [2.45, 2.75) is 227 Å². The average molecular weight is 1090 g/mol. The summed E-state index contributed by atoms with van der Waals surface area (Å²) in [5.74, 6) is 2.27. The lowest BCUT2D eigenvalue weighted by Gasteiger charge is -2.19. The fourth-order valence-corrected chi connectivity index (χ4v) is 11.7. The maximum absolute atomic E-state index is 11.8. The Labute approximate surface area is 450 Å². The van der Waals surface area contributed by atoms with Gasteiger partial charge in [-0.2, -0.15) is 0 Å². The van der Waals surface area contributed by atoms with Crippen LogP contribution in [0.1, 0.15) is 181 Å². The molecule has 71 heavy (non-hydrogen) atoms. The highest BCUT2D eigenvalue weighted by Gasteiger charge is 2.40. The number of likely N-dealkylation sites (tertiary alicyclic amines) is 1. The van der Waals surface area contributed by atoms with E-state index in [1.165, 1.54) is 19.5 Å². The van der Waals surface area contributed by atoms with Gasteiger partial charge in [-0.3, -0.25) is 14.5 Å². The van der Waals surface area contributed by atoms with Gasteiger partial charge in [0.15, 0.2) is 4.34 Å². The third-order valence-electron chi connectivity index (χ3n) is 8.64. The number of amides is 2. The molecule has 2 aromatic carbocycles. The van der Waals surface area contributed by atoms with Crippen molar-refractivity contribution >= 4 is 103 Å². The van der Waals surface area contributed by atoms with Crippen LogP contribution < -0.4 is 0 Å². The summed E-state index contributed by atoms with van der Waals surface area (Å²) in [7, 11) is 0. The average Bonchev–Trinajstić information content (AvgIpc) is 4.10. The van der Waals surface area contributed by atoms with Crippen LogP contribution in [0.5, 0.6) is 0 Å². The number of hydrogen-bond donors (Lipinski definition) is 0. The van der Waals surface area contributed by atoms with Gasteiger partial charge in [-0.25, -0.2) is 14.3 Å². The summed E-state index contributed by atoms with van der Waals surface area (Å²) in [6, 6.07) is 12.9. The topological polar surface area (TPSA) is 172 Å². The number of para-hydroxylation sites is 1. The Hall–Kier alpha value is -3.17. The molecule has 20 heteroatoms. The summed E-state index contributed by atoms with van der Waals surface area (Å²) in [4.78, 5) is 30.4. The molecule has 2 amide bonds. The van der Waals surface area contributed by atoms with E-state index in [0.717, 1.165) is 38.4 Å². The monoisotopic (exact) mass is 1090 g/mol. The van der Waals surface area contributed by atoms with Gasteiger partial charge in [0.05, 0.1) is 21.5 Å². The van der Waals surface area contributed by atoms with Crippen molar-refractivity contribution in [1.29, 1.82) is 0 Å². The molecule has 1 aliphatic heterocycles. The minimum Gasteiger partial charge on any atom is -0.416 e. The fraction of sp³-hybridized carbons (Fsp3) is 0.647. The molecule has 7 rings (SSSR count). The maximum atomic E-state index is 11.8. The molecule has 1 aliphatic rings. The summed E-state index contributed by atoms with van der Waals surface area (Å²) in [5.41, 5.74) is 4.12. The van der Waals surface area contributed by atoms with E-state index in [0.29, 0.717) is 55.8 Å². The highest BCUT2D eigenvalue weighted by Crippen LogP contribution is 2.34. The van der Waals surface area contributed by atoms with Gasteiger partial charge in [-0.1, -0.05) is 171 Å². The summed E-state index contributed by atoms with van der Waals surface area (Å²) in [6.45, 7) is 44.0. The normalized spacial score (nSPS) is 13.7. The summed E-state index contributed by atoms with van der Waals surface area (Å²) in [5, 5.41) is 31.3. The number of carbonyl (C=O) groups is 2. The molecular weight excluding hydrogens is 1010 g/mol. The third kappa shape index (κ3) is 23.3. The van der Waals surface area contributed by atoms with E-state index in [1.54, 1.807) is 58.4 Å². The van der Waals surface area contributed by atoms with Crippen LogP contribution in [0.2, 0.25) is 0 Å². The van der Waals surface area contributed by atoms with Crippen LogP contribution in [0, 0.1) is 5.92 Å². The molecule has 0 saturated carbocycles. The molecule has 1 fully saturated rings. The number of nitrogens with zero attached hydrogens (tertiary/aromatic N) is 10. The number of imide groups is 1. The van der Waals surface area contributed by atoms with Crippen molar-refractivity contribution in [3.63, 3.8) is 0 Å². The number of tetrazole rings is 1. The number of thiazole rings is 1. The highest BCUT2D eigenvalue weighted by atomic mass is 32.2. The Morgan fingerprint density at radius 1 is 0.634 bits per heavy atom. The van der Waals surface area contributed by atoms with Gasteiger partial charge in [-0.15, -0.1) is 50.2 Å². The van der Waals surface area contributed by atoms with E-state index in [-0.39, 0.29) is 23.1 Å². The number of fused-ring (bicyclic) bond motifs is 2. The third-order valence-corrected chi connectivity index (χ3v) is 14.9. The zero-order valence-corrected chi connectivity index (χ0v) is 51.0. The first kappa shape index (κ1) is 63.9. The second kappa shape index (κ2) is 32.2. The van der Waals surface area contributed by atoms with E-state index in [9.17, 15) is 9.59 Å². The fourth-order valence-electron chi connectivity index (χ4n) is 5.88. The second-order valence-electron chi connectivity index (χ2n) is 19.7. The van der Waals surface area contributed by atoms with Gasteiger partial charge in [0.25, 0.3) is 5.22 Å². The van der Waals surface area contributed by atoms with Crippen molar-refractivity contribution in [2.75, 3.05) is 0 Å². The quantitative estimate of drug-likeness (QED) is 0.0744. The van der Waals surface area contributed by atoms with Gasteiger partial charge in [0, 0.05) is 44.3 Å². The van der Waals surface area contributed by atoms with Crippen molar-refractivity contribution in [3.8, 4) is 0 Å². The first-order valence-electron chi connectivity index (χ1n) is 24.6. The van der Waals surface area contributed by atoms with E-state index in [1.807, 2.05) is 64.1 Å². The molecule has 0 N–H and O–H groups in total. The predicted molar refractivity (Wildman–Crippen MR) is 305 cm³/mol. The molecule has 396 valence electrons. The number of rotatable bonds is 14. The number of aromatic nitrogens is 9. The van der Waals surface area contributed by atoms with Crippen molar-refractivity contribution in [3.05, 3.63) is 47.9 Å². The molecule has 4 aromatic heterocycles. The molecule has 1 saturated heterocycles. The minimum absolute atomic E-state index is 0.00670. The van der Waals surface area contributed by atoms with Crippen LogP contribution in [0.25, 0.3) is 21.3 Å². The van der Waals surface area contributed by atoms with Crippen LogP contribution in [-0.2, 0) is 9.59 Å². The smallest absolute Gasteiger partial charge is 0.276 e. The SMILES string of the molecule is CC(C)C.CC(C)SC1CC(=O)N(C(C)C)C1=O.CC(C)Sc1ccc(C(C)C)c2nonc12.CC(C)Sc1nc2ccccc2s1.CC(C)Sc1nnc(C(C)C)o1.CC(C)Sc1nnnn1C(C)C. The molecule has 0 aliphatic carbocycles. The molecule has 1 atom stereocenters. The predicted octanol–water partition coefficient (Wildman–Crippen LogP) is 15.4. The molecule has 5 heterocycles. The van der Waals surface area contributed by atoms with Crippen molar-refractivity contribution < 1.29 is 18.6 Å². The van der Waals surface area contributed by atoms with Gasteiger partial charge in [-0.05, 0) is 89.3 Å².